The Hall–Kier alpha value is -2.33. The maximum Gasteiger partial charge on any atom is 0.238 e. The second-order valence-electron chi connectivity index (χ2n) is 6.90. The number of carbonyl (C=O) groups excluding carboxylic acids is 1. The number of methoxy groups -OCH3 is 1. The fourth-order valence-electron chi connectivity index (χ4n) is 2.88. The Morgan fingerprint density at radius 2 is 1.87 bits per heavy atom. The summed E-state index contributed by atoms with van der Waals surface area (Å²) in [6.45, 7) is 1.69. The summed E-state index contributed by atoms with van der Waals surface area (Å²) in [5.41, 5.74) is 3.00. The number of hydrogen-bond acceptors (Lipinski definition) is 4. The summed E-state index contributed by atoms with van der Waals surface area (Å²) in [5, 5.41) is 9.53. The highest BCUT2D eigenvalue weighted by Gasteiger charge is 2.05. The van der Waals surface area contributed by atoms with Crippen LogP contribution in [0, 0.1) is 0 Å². The molecule has 0 spiro atoms. The highest BCUT2D eigenvalue weighted by atomic mass is 127. The highest BCUT2D eigenvalue weighted by molar-refractivity contribution is 14.0. The van der Waals surface area contributed by atoms with Gasteiger partial charge in [-0.3, -0.25) is 9.79 Å². The average Bonchev–Trinajstić information content (AvgIpc) is 2.70. The van der Waals surface area contributed by atoms with E-state index in [1.165, 1.54) is 0 Å². The summed E-state index contributed by atoms with van der Waals surface area (Å²) in [7, 11) is 7.17. The van der Waals surface area contributed by atoms with Gasteiger partial charge in [-0.1, -0.05) is 30.3 Å². The van der Waals surface area contributed by atoms with Gasteiger partial charge < -0.3 is 25.6 Å². The molecule has 0 atom stereocenters. The third-order valence-electron chi connectivity index (χ3n) is 4.23. The van der Waals surface area contributed by atoms with E-state index < -0.39 is 0 Å². The summed E-state index contributed by atoms with van der Waals surface area (Å²) in [6.07, 6.45) is 0.831. The lowest BCUT2D eigenvalue weighted by molar-refractivity contribution is -0.116. The van der Waals surface area contributed by atoms with Crippen LogP contribution in [0.15, 0.2) is 53.5 Å². The number of likely N-dealkylation sites (N-methyl/N-ethyl adjacent to an activating group) is 1. The van der Waals surface area contributed by atoms with Gasteiger partial charge in [0.05, 0.1) is 13.7 Å². The second kappa shape index (κ2) is 13.8. The van der Waals surface area contributed by atoms with Gasteiger partial charge in [0, 0.05) is 25.8 Å². The topological polar surface area (TPSA) is 78.0 Å². The number of benzene rings is 2. The number of amides is 1. The Morgan fingerprint density at radius 1 is 1.10 bits per heavy atom. The first-order valence-electron chi connectivity index (χ1n) is 9.61. The van der Waals surface area contributed by atoms with Crippen LogP contribution in [-0.2, 0) is 17.8 Å². The molecule has 164 valence electrons. The molecule has 2 aromatic rings. The molecule has 0 bridgehead atoms. The van der Waals surface area contributed by atoms with Crippen LogP contribution >= 0.6 is 24.0 Å². The van der Waals surface area contributed by atoms with Crippen molar-refractivity contribution in [2.24, 2.45) is 4.99 Å². The molecule has 2 rings (SSSR count). The smallest absolute Gasteiger partial charge is 0.238 e. The van der Waals surface area contributed by atoms with Gasteiger partial charge in [-0.25, -0.2) is 0 Å². The largest absolute Gasteiger partial charge is 0.496 e. The van der Waals surface area contributed by atoms with Crippen molar-refractivity contribution >= 4 is 41.5 Å². The maximum absolute atomic E-state index is 11.9. The van der Waals surface area contributed by atoms with Crippen molar-refractivity contribution in [3.8, 4) is 5.75 Å². The van der Waals surface area contributed by atoms with Crippen molar-refractivity contribution in [1.82, 2.24) is 15.5 Å². The minimum absolute atomic E-state index is 0. The van der Waals surface area contributed by atoms with Crippen LogP contribution < -0.4 is 20.7 Å². The summed E-state index contributed by atoms with van der Waals surface area (Å²) in [4.78, 5) is 18.0. The quantitative estimate of drug-likeness (QED) is 0.267. The van der Waals surface area contributed by atoms with Crippen LogP contribution in [0.2, 0.25) is 0 Å². The van der Waals surface area contributed by atoms with E-state index >= 15 is 0 Å². The molecule has 1 amide bonds. The minimum atomic E-state index is -0.0334. The Labute approximate surface area is 196 Å². The van der Waals surface area contributed by atoms with Crippen molar-refractivity contribution in [3.05, 3.63) is 59.7 Å². The zero-order valence-electron chi connectivity index (χ0n) is 18.1. The third-order valence-corrected chi connectivity index (χ3v) is 4.23. The predicted molar refractivity (Wildman–Crippen MR) is 134 cm³/mol. The Bertz CT molecular complexity index is 827. The van der Waals surface area contributed by atoms with E-state index in [9.17, 15) is 4.79 Å². The van der Waals surface area contributed by atoms with Crippen LogP contribution in [0.5, 0.6) is 5.75 Å². The molecule has 7 nitrogen and oxygen atoms in total. The van der Waals surface area contributed by atoms with Crippen LogP contribution in [0.1, 0.15) is 11.1 Å². The van der Waals surface area contributed by atoms with Crippen molar-refractivity contribution in [2.75, 3.05) is 46.7 Å². The van der Waals surface area contributed by atoms with Crippen LogP contribution in [-0.4, -0.2) is 58.1 Å². The Morgan fingerprint density at radius 3 is 2.57 bits per heavy atom. The number of aliphatic imine (C=N–C) groups is 1. The van der Waals surface area contributed by atoms with E-state index in [1.54, 1.807) is 14.2 Å². The molecule has 0 fully saturated rings. The molecular formula is C22H32IN5O2. The van der Waals surface area contributed by atoms with Gasteiger partial charge in [-0.05, 0) is 49.8 Å². The van der Waals surface area contributed by atoms with Gasteiger partial charge in [0.15, 0.2) is 5.96 Å². The Kier molecular flexibility index (Phi) is 11.8. The van der Waals surface area contributed by atoms with Gasteiger partial charge in [0.1, 0.15) is 5.75 Å². The number of guanidine groups is 1. The first-order chi connectivity index (χ1) is 14.0. The molecule has 0 aromatic heterocycles. The standard InChI is InChI=1S/C22H31N5O2.HI/c1-23-22(24-13-12-18-9-5-6-11-20(18)29-4)25-15-17-8-7-10-19(14-17)26-21(28)16-27(2)3;/h5-11,14H,12-13,15-16H2,1-4H3,(H,26,28)(H2,23,24,25);1H. The van der Waals surface area contributed by atoms with Crippen LogP contribution in [0.3, 0.4) is 0 Å². The number of para-hydroxylation sites is 1. The lowest BCUT2D eigenvalue weighted by Crippen LogP contribution is -2.37. The first kappa shape index (κ1) is 25.7. The number of hydrogen-bond donors (Lipinski definition) is 3. The molecule has 0 aliphatic heterocycles. The monoisotopic (exact) mass is 525 g/mol. The van der Waals surface area contributed by atoms with E-state index in [2.05, 4.69) is 27.0 Å². The van der Waals surface area contributed by atoms with Crippen molar-refractivity contribution in [3.63, 3.8) is 0 Å². The number of nitrogens with one attached hydrogen (secondary N) is 3. The normalized spacial score (nSPS) is 10.9. The molecule has 2 aromatic carbocycles. The van der Waals surface area contributed by atoms with E-state index in [-0.39, 0.29) is 29.9 Å². The molecule has 0 aliphatic carbocycles. The first-order valence-corrected chi connectivity index (χ1v) is 9.61. The second-order valence-corrected chi connectivity index (χ2v) is 6.90. The molecular weight excluding hydrogens is 493 g/mol. The molecule has 0 saturated carbocycles. The summed E-state index contributed by atoms with van der Waals surface area (Å²) in [5.74, 6) is 1.58. The number of nitrogens with zero attached hydrogens (tertiary/aromatic N) is 2. The summed E-state index contributed by atoms with van der Waals surface area (Å²) >= 11 is 0. The van der Waals surface area contributed by atoms with E-state index in [4.69, 9.17) is 4.74 Å². The fraction of sp³-hybridized carbons (Fsp3) is 0.364. The number of carbonyl (C=O) groups is 1. The van der Waals surface area contributed by atoms with Gasteiger partial charge in [0.25, 0.3) is 0 Å². The van der Waals surface area contributed by atoms with E-state index in [1.807, 2.05) is 61.5 Å². The molecule has 0 saturated heterocycles. The predicted octanol–water partition coefficient (Wildman–Crippen LogP) is 2.72. The molecule has 0 aliphatic rings. The van der Waals surface area contributed by atoms with Crippen molar-refractivity contribution in [1.29, 1.82) is 0 Å². The number of rotatable bonds is 9. The van der Waals surface area contributed by atoms with Gasteiger partial charge in [0.2, 0.25) is 5.91 Å². The summed E-state index contributed by atoms with van der Waals surface area (Å²) < 4.78 is 5.39. The zero-order chi connectivity index (χ0) is 21.1. The van der Waals surface area contributed by atoms with E-state index in [0.717, 1.165) is 41.5 Å². The van der Waals surface area contributed by atoms with Gasteiger partial charge in [-0.15, -0.1) is 24.0 Å². The lowest BCUT2D eigenvalue weighted by atomic mass is 10.1. The summed E-state index contributed by atoms with van der Waals surface area (Å²) in [6, 6.07) is 15.8. The minimum Gasteiger partial charge on any atom is -0.496 e. The fourth-order valence-corrected chi connectivity index (χ4v) is 2.88. The lowest BCUT2D eigenvalue weighted by Gasteiger charge is -2.14. The van der Waals surface area contributed by atoms with Gasteiger partial charge in [-0.2, -0.15) is 0 Å². The number of ether oxygens (including phenoxy) is 1. The van der Waals surface area contributed by atoms with E-state index in [0.29, 0.717) is 13.1 Å². The van der Waals surface area contributed by atoms with Gasteiger partial charge >= 0.3 is 0 Å². The molecule has 0 radical (unpaired) electrons. The molecule has 30 heavy (non-hydrogen) atoms. The number of anilines is 1. The third kappa shape index (κ3) is 9.00. The maximum atomic E-state index is 11.9. The van der Waals surface area contributed by atoms with Crippen LogP contribution in [0.25, 0.3) is 0 Å². The molecule has 0 unspecified atom stereocenters. The molecule has 0 heterocycles. The SMILES string of the molecule is CN=C(NCCc1ccccc1OC)NCc1cccc(NC(=O)CN(C)C)c1.I. The Balaban J connectivity index is 0.00000450. The average molecular weight is 525 g/mol. The van der Waals surface area contributed by atoms with Crippen LogP contribution in [0.4, 0.5) is 5.69 Å². The highest BCUT2D eigenvalue weighted by Crippen LogP contribution is 2.17. The number of halogens is 1. The zero-order valence-corrected chi connectivity index (χ0v) is 20.4. The van der Waals surface area contributed by atoms with Crippen molar-refractivity contribution < 1.29 is 9.53 Å². The molecule has 8 heteroatoms. The van der Waals surface area contributed by atoms with Crippen molar-refractivity contribution in [2.45, 2.75) is 13.0 Å². The molecule has 3 N–H and O–H groups in total.